The lowest BCUT2D eigenvalue weighted by molar-refractivity contribution is -0.869. The summed E-state index contributed by atoms with van der Waals surface area (Å²) in [5.74, 6) is 0.805. The number of nitrogens with one attached hydrogen (secondary N) is 1. The lowest BCUT2D eigenvalue weighted by atomic mass is 9.82. The minimum absolute atomic E-state index is 0.438. The number of quaternary nitrogens is 1. The molecule has 0 radical (unpaired) electrons. The zero-order chi connectivity index (χ0) is 26.5. The Balaban J connectivity index is 0. The molecule has 4 nitrogen and oxygen atoms in total. The fourth-order valence-corrected chi connectivity index (χ4v) is 4.37. The standard InChI is InChI=1S/C21H25NS.C6H14N2O.C2H6/c1-5-12-18(7-3)21(23-17-16-22,19(8-4)13-6-2)20-14-10-9-11-15-20;1-8(2,3)5-4-7-6-9;1-2/h5-15H,1-4,16-17,22H2;6H,4-5H2,1-3H3;1-2H3/p+1/b18-12+,19-13+;;. The molecule has 1 aromatic carbocycles. The Hall–Kier alpha value is -2.60. The molecule has 5 heteroatoms. The molecule has 3 N–H and O–H groups in total. The Bertz CT molecular complexity index is 759. The van der Waals surface area contributed by atoms with Gasteiger partial charge in [0.15, 0.2) is 0 Å². The molecule has 0 saturated heterocycles. The quantitative estimate of drug-likeness (QED) is 0.156. The largest absolute Gasteiger partial charge is 0.353 e. The Morgan fingerprint density at radius 2 is 1.50 bits per heavy atom. The number of allylic oxidation sites excluding steroid dienone is 6. The van der Waals surface area contributed by atoms with E-state index < -0.39 is 4.75 Å². The molecule has 188 valence electrons. The summed E-state index contributed by atoms with van der Waals surface area (Å²) in [5.41, 5.74) is 9.04. The zero-order valence-electron chi connectivity index (χ0n) is 21.9. The first-order chi connectivity index (χ1) is 16.3. The van der Waals surface area contributed by atoms with Gasteiger partial charge in [0.1, 0.15) is 0 Å². The summed E-state index contributed by atoms with van der Waals surface area (Å²) in [6.07, 6.45) is 12.0. The van der Waals surface area contributed by atoms with Crippen LogP contribution in [0.4, 0.5) is 0 Å². The topological polar surface area (TPSA) is 55.1 Å². The van der Waals surface area contributed by atoms with Gasteiger partial charge in [0.2, 0.25) is 6.41 Å². The van der Waals surface area contributed by atoms with Gasteiger partial charge in [-0.3, -0.25) is 4.79 Å². The number of benzene rings is 1. The van der Waals surface area contributed by atoms with Gasteiger partial charge >= 0.3 is 0 Å². The van der Waals surface area contributed by atoms with Gasteiger partial charge < -0.3 is 15.5 Å². The number of hydrogen-bond donors (Lipinski definition) is 2. The fraction of sp³-hybridized carbons (Fsp3) is 0.345. The Morgan fingerprint density at radius 1 is 1.00 bits per heavy atom. The summed E-state index contributed by atoms with van der Waals surface area (Å²) in [6.45, 7) is 22.0. The van der Waals surface area contributed by atoms with Crippen LogP contribution in [0.25, 0.3) is 0 Å². The van der Waals surface area contributed by atoms with Crippen molar-refractivity contribution in [3.05, 3.63) is 110 Å². The van der Waals surface area contributed by atoms with E-state index in [2.05, 4.69) is 64.9 Å². The van der Waals surface area contributed by atoms with Crippen LogP contribution in [0.15, 0.2) is 104 Å². The van der Waals surface area contributed by atoms with Gasteiger partial charge in [0, 0.05) is 12.3 Å². The molecule has 0 unspecified atom stereocenters. The lowest BCUT2D eigenvalue weighted by Crippen LogP contribution is -2.40. The van der Waals surface area contributed by atoms with Crippen LogP contribution in [0.2, 0.25) is 0 Å². The molecular formula is C29H46N3OS+. The number of likely N-dealkylation sites (N-methyl/N-ethyl adjacent to an activating group) is 1. The smallest absolute Gasteiger partial charge is 0.207 e. The normalized spacial score (nSPS) is 13.0. The van der Waals surface area contributed by atoms with Gasteiger partial charge in [-0.15, -0.1) is 11.8 Å². The van der Waals surface area contributed by atoms with Crippen molar-refractivity contribution in [1.29, 1.82) is 0 Å². The first-order valence-electron chi connectivity index (χ1n) is 11.6. The molecule has 34 heavy (non-hydrogen) atoms. The van der Waals surface area contributed by atoms with Gasteiger partial charge in [-0.1, -0.05) is 107 Å². The molecule has 0 bridgehead atoms. The van der Waals surface area contributed by atoms with Gasteiger partial charge in [0.05, 0.1) is 39.0 Å². The average molecular weight is 485 g/mol. The second kappa shape index (κ2) is 19.8. The molecule has 1 amide bonds. The van der Waals surface area contributed by atoms with Crippen LogP contribution in [0.3, 0.4) is 0 Å². The maximum atomic E-state index is 9.77. The number of hydrogen-bond acceptors (Lipinski definition) is 3. The fourth-order valence-electron chi connectivity index (χ4n) is 3.01. The van der Waals surface area contributed by atoms with Gasteiger partial charge in [-0.2, -0.15) is 0 Å². The third-order valence-corrected chi connectivity index (χ3v) is 6.05. The first kappa shape index (κ1) is 33.6. The Morgan fingerprint density at radius 3 is 1.85 bits per heavy atom. The summed E-state index contributed by atoms with van der Waals surface area (Å²) in [7, 11) is 6.27. The number of amides is 1. The molecule has 0 spiro atoms. The van der Waals surface area contributed by atoms with Crippen molar-refractivity contribution in [1.82, 2.24) is 5.32 Å². The van der Waals surface area contributed by atoms with Crippen molar-refractivity contribution in [2.45, 2.75) is 18.6 Å². The van der Waals surface area contributed by atoms with Crippen molar-refractivity contribution in [3.63, 3.8) is 0 Å². The molecule has 0 aliphatic rings. The summed E-state index contributed by atoms with van der Waals surface area (Å²) >= 11 is 1.77. The maximum absolute atomic E-state index is 9.77. The Kier molecular flexibility index (Phi) is 19.6. The highest BCUT2D eigenvalue weighted by Gasteiger charge is 2.37. The van der Waals surface area contributed by atoms with Crippen molar-refractivity contribution in [2.24, 2.45) is 5.73 Å². The number of carbonyl (C=O) groups excluding carboxylic acids is 1. The predicted octanol–water partition coefficient (Wildman–Crippen LogP) is 5.64. The number of rotatable bonds is 14. The van der Waals surface area contributed by atoms with Crippen molar-refractivity contribution in [3.8, 4) is 0 Å². The molecule has 0 aromatic heterocycles. The molecular weight excluding hydrogens is 438 g/mol. The van der Waals surface area contributed by atoms with E-state index in [4.69, 9.17) is 5.73 Å². The number of thioether (sulfide) groups is 1. The summed E-state index contributed by atoms with van der Waals surface area (Å²) in [5, 5.41) is 2.61. The number of nitrogens with two attached hydrogens (primary N) is 1. The van der Waals surface area contributed by atoms with Crippen LogP contribution in [0.1, 0.15) is 19.4 Å². The van der Waals surface area contributed by atoms with Crippen molar-refractivity contribution >= 4 is 18.2 Å². The molecule has 1 aromatic rings. The van der Waals surface area contributed by atoms with Crippen molar-refractivity contribution in [2.75, 3.05) is 46.5 Å². The minimum atomic E-state index is -0.438. The third kappa shape index (κ3) is 12.0. The van der Waals surface area contributed by atoms with Gasteiger partial charge in [-0.05, 0) is 16.7 Å². The van der Waals surface area contributed by atoms with Crippen LogP contribution in [-0.4, -0.2) is 57.4 Å². The number of nitrogens with zero attached hydrogens (tertiary/aromatic N) is 1. The zero-order valence-corrected chi connectivity index (χ0v) is 22.7. The molecule has 1 rings (SSSR count). The van der Waals surface area contributed by atoms with E-state index in [1.807, 2.05) is 56.4 Å². The van der Waals surface area contributed by atoms with E-state index >= 15 is 0 Å². The average Bonchev–Trinajstić information content (AvgIpc) is 2.84. The van der Waals surface area contributed by atoms with E-state index in [-0.39, 0.29) is 0 Å². The van der Waals surface area contributed by atoms with Crippen LogP contribution in [-0.2, 0) is 9.54 Å². The molecule has 0 fully saturated rings. The van der Waals surface area contributed by atoms with Gasteiger partial charge in [-0.25, -0.2) is 0 Å². The lowest BCUT2D eigenvalue weighted by Gasteiger charge is -2.37. The van der Waals surface area contributed by atoms with E-state index in [1.165, 1.54) is 0 Å². The summed E-state index contributed by atoms with van der Waals surface area (Å²) in [6, 6.07) is 10.3. The highest BCUT2D eigenvalue weighted by molar-refractivity contribution is 8.00. The first-order valence-corrected chi connectivity index (χ1v) is 12.5. The van der Waals surface area contributed by atoms with Crippen LogP contribution in [0, 0.1) is 0 Å². The maximum Gasteiger partial charge on any atom is 0.207 e. The van der Waals surface area contributed by atoms with E-state index in [0.29, 0.717) is 6.54 Å². The molecule has 0 heterocycles. The van der Waals surface area contributed by atoms with Crippen LogP contribution >= 0.6 is 11.8 Å². The molecule has 0 atom stereocenters. The van der Waals surface area contributed by atoms with Crippen LogP contribution in [0.5, 0.6) is 0 Å². The van der Waals surface area contributed by atoms with E-state index in [1.54, 1.807) is 23.9 Å². The van der Waals surface area contributed by atoms with Gasteiger partial charge in [0.25, 0.3) is 0 Å². The van der Waals surface area contributed by atoms with Crippen molar-refractivity contribution < 1.29 is 9.28 Å². The number of carbonyl (C=O) groups is 1. The summed E-state index contributed by atoms with van der Waals surface area (Å²) in [4.78, 5) is 9.77. The van der Waals surface area contributed by atoms with Crippen LogP contribution < -0.4 is 11.1 Å². The SMILES string of the molecule is C=C/C=C(\C=C)C(SCCN)(/C(C=C)=C/C=C)c1ccccc1.CC.C[N+](C)(C)CCNC=O. The second-order valence-electron chi connectivity index (χ2n) is 7.89. The van der Waals surface area contributed by atoms with E-state index in [0.717, 1.165) is 46.4 Å². The molecule has 0 aliphatic heterocycles. The predicted molar refractivity (Wildman–Crippen MR) is 155 cm³/mol. The monoisotopic (exact) mass is 484 g/mol. The van der Waals surface area contributed by atoms with E-state index in [9.17, 15) is 4.79 Å². The highest BCUT2D eigenvalue weighted by atomic mass is 32.2. The molecule has 0 aliphatic carbocycles. The third-order valence-electron chi connectivity index (χ3n) is 4.47. The minimum Gasteiger partial charge on any atom is -0.353 e. The highest BCUT2D eigenvalue weighted by Crippen LogP contribution is 2.49. The summed E-state index contributed by atoms with van der Waals surface area (Å²) < 4.78 is 0.452. The molecule has 0 saturated carbocycles. The Labute approximate surface area is 213 Å². The second-order valence-corrected chi connectivity index (χ2v) is 9.20.